The Hall–Kier alpha value is -0.660. The molecule has 0 bridgehead atoms. The summed E-state index contributed by atoms with van der Waals surface area (Å²) in [6, 6.07) is -0.219. The van der Waals surface area contributed by atoms with Crippen molar-refractivity contribution in [1.29, 1.82) is 0 Å². The largest absolute Gasteiger partial charge is 0.481 e. The van der Waals surface area contributed by atoms with Crippen LogP contribution in [0, 0.1) is 5.92 Å². The Morgan fingerprint density at radius 2 is 1.94 bits per heavy atom. The molecule has 0 radical (unpaired) electrons. The van der Waals surface area contributed by atoms with E-state index < -0.39 is 21.9 Å². The summed E-state index contributed by atoms with van der Waals surface area (Å²) in [5, 5.41) is 11.5. The molecule has 108 valence electrons. The van der Waals surface area contributed by atoms with Crippen molar-refractivity contribution < 1.29 is 18.3 Å². The smallest absolute Gasteiger partial charge is 0.306 e. The third-order valence-electron chi connectivity index (χ3n) is 2.75. The van der Waals surface area contributed by atoms with Crippen LogP contribution in [0.3, 0.4) is 0 Å². The third kappa shape index (κ3) is 6.32. The molecule has 3 N–H and O–H groups in total. The van der Waals surface area contributed by atoms with Gasteiger partial charge in [0.2, 0.25) is 10.0 Å². The number of carbonyl (C=O) groups is 1. The normalized spacial score (nSPS) is 23.3. The Morgan fingerprint density at radius 3 is 2.39 bits per heavy atom. The highest BCUT2D eigenvalue weighted by Gasteiger charge is 2.31. The van der Waals surface area contributed by atoms with E-state index in [0.29, 0.717) is 25.8 Å². The van der Waals surface area contributed by atoms with Crippen molar-refractivity contribution in [2.45, 2.75) is 39.2 Å². The molecule has 0 heterocycles. The van der Waals surface area contributed by atoms with Gasteiger partial charge in [-0.25, -0.2) is 13.1 Å². The molecule has 1 aliphatic carbocycles. The fourth-order valence-corrected chi connectivity index (χ4v) is 3.17. The van der Waals surface area contributed by atoms with E-state index in [1.807, 2.05) is 13.8 Å². The van der Waals surface area contributed by atoms with Gasteiger partial charge >= 0.3 is 5.97 Å². The van der Waals surface area contributed by atoms with Crippen molar-refractivity contribution in [2.75, 3.05) is 19.3 Å². The molecule has 0 aromatic carbocycles. The molecule has 1 rings (SSSR count). The molecule has 2 unspecified atom stereocenters. The van der Waals surface area contributed by atoms with Gasteiger partial charge in [0, 0.05) is 12.6 Å². The highest BCUT2D eigenvalue weighted by molar-refractivity contribution is 7.89. The van der Waals surface area contributed by atoms with Crippen LogP contribution in [0.1, 0.15) is 33.1 Å². The molecule has 7 heteroatoms. The first-order chi connectivity index (χ1) is 8.44. The molecule has 6 nitrogen and oxygen atoms in total. The third-order valence-corrected chi connectivity index (χ3v) is 4.18. The number of carboxylic acid groups (broad SMARTS) is 1. The first-order valence-corrected chi connectivity index (χ1v) is 7.97. The van der Waals surface area contributed by atoms with Crippen molar-refractivity contribution in [2.24, 2.45) is 5.92 Å². The van der Waals surface area contributed by atoms with E-state index in [2.05, 4.69) is 10.0 Å². The summed E-state index contributed by atoms with van der Waals surface area (Å²) in [6.45, 7) is 4.39. The topological polar surface area (TPSA) is 95.5 Å². The summed E-state index contributed by atoms with van der Waals surface area (Å²) in [7, 11) is -1.60. The zero-order valence-electron chi connectivity index (χ0n) is 11.3. The van der Waals surface area contributed by atoms with Crippen molar-refractivity contribution in [3.8, 4) is 0 Å². The number of rotatable bonds is 6. The molecule has 1 aliphatic rings. The van der Waals surface area contributed by atoms with Crippen LogP contribution in [0.25, 0.3) is 0 Å². The zero-order valence-corrected chi connectivity index (χ0v) is 12.1. The van der Waals surface area contributed by atoms with Gasteiger partial charge in [-0.2, -0.15) is 0 Å². The highest BCUT2D eigenvalue weighted by Crippen LogP contribution is 2.26. The van der Waals surface area contributed by atoms with Crippen molar-refractivity contribution >= 4 is 16.0 Å². The van der Waals surface area contributed by atoms with Gasteiger partial charge in [0.25, 0.3) is 0 Å². The molecule has 2 atom stereocenters. The lowest BCUT2D eigenvalue weighted by Crippen LogP contribution is -2.37. The summed E-state index contributed by atoms with van der Waals surface area (Å²) in [6.07, 6.45) is 1.55. The molecule has 0 amide bonds. The van der Waals surface area contributed by atoms with Crippen LogP contribution >= 0.6 is 0 Å². The zero-order chi connectivity index (χ0) is 14.2. The number of hydrogen-bond acceptors (Lipinski definition) is 4. The Labute approximate surface area is 109 Å². The Bertz CT molecular complexity index is 343. The Morgan fingerprint density at radius 1 is 1.33 bits per heavy atom. The molecule has 18 heavy (non-hydrogen) atoms. The van der Waals surface area contributed by atoms with Gasteiger partial charge in [0.1, 0.15) is 0 Å². The van der Waals surface area contributed by atoms with Gasteiger partial charge in [-0.3, -0.25) is 4.79 Å². The van der Waals surface area contributed by atoms with E-state index in [1.165, 1.54) is 0 Å². The summed E-state index contributed by atoms with van der Waals surface area (Å²) in [4.78, 5) is 10.7. The van der Waals surface area contributed by atoms with Crippen LogP contribution in [-0.4, -0.2) is 44.9 Å². The maximum Gasteiger partial charge on any atom is 0.306 e. The van der Waals surface area contributed by atoms with E-state index in [-0.39, 0.29) is 11.8 Å². The lowest BCUT2D eigenvalue weighted by Gasteiger charge is -2.12. The second-order valence-electron chi connectivity index (χ2n) is 4.09. The fraction of sp³-hybridized carbons (Fsp3) is 0.909. The van der Waals surface area contributed by atoms with Crippen molar-refractivity contribution in [1.82, 2.24) is 10.0 Å². The molecular weight excluding hydrogens is 256 g/mol. The average molecular weight is 280 g/mol. The van der Waals surface area contributed by atoms with E-state index in [9.17, 15) is 13.2 Å². The molecule has 0 saturated heterocycles. The number of nitrogens with one attached hydrogen (secondary N) is 2. The van der Waals surface area contributed by atoms with E-state index in [0.717, 1.165) is 0 Å². The lowest BCUT2D eigenvalue weighted by atomic mass is 10.1. The van der Waals surface area contributed by atoms with E-state index in [4.69, 9.17) is 5.11 Å². The van der Waals surface area contributed by atoms with Gasteiger partial charge in [-0.15, -0.1) is 0 Å². The molecule has 1 saturated carbocycles. The van der Waals surface area contributed by atoms with Crippen LogP contribution < -0.4 is 10.0 Å². The quantitative estimate of drug-likeness (QED) is 0.655. The van der Waals surface area contributed by atoms with Crippen molar-refractivity contribution in [3.63, 3.8) is 0 Å². The minimum atomic E-state index is -3.28. The summed E-state index contributed by atoms with van der Waals surface area (Å²) in [5.41, 5.74) is 0. The molecule has 0 spiro atoms. The van der Waals surface area contributed by atoms with Crippen LogP contribution in [0.15, 0.2) is 0 Å². The van der Waals surface area contributed by atoms with Crippen LogP contribution in [0.5, 0.6) is 0 Å². The van der Waals surface area contributed by atoms with E-state index in [1.54, 1.807) is 7.05 Å². The number of aliphatic carboxylic acids is 1. The molecule has 0 aliphatic heterocycles. The highest BCUT2D eigenvalue weighted by atomic mass is 32.2. The molecule has 1 fully saturated rings. The minimum Gasteiger partial charge on any atom is -0.481 e. The summed E-state index contributed by atoms with van der Waals surface area (Å²) in [5.74, 6) is -1.22. The van der Waals surface area contributed by atoms with Crippen LogP contribution in [0.4, 0.5) is 0 Å². The predicted octanol–water partition coefficient (Wildman–Crippen LogP) is 0.405. The standard InChI is InChI=1S/C9H18N2O4S.C2H6/c1-10-4-5-16(14,15)11-8-3-2-7(6-8)9(12)13;1-2/h7-8,10-11H,2-6H2,1H3,(H,12,13);1-2H3. The molecular formula is C11H24N2O4S. The maximum absolute atomic E-state index is 11.5. The van der Waals surface area contributed by atoms with Gasteiger partial charge in [0.05, 0.1) is 11.7 Å². The van der Waals surface area contributed by atoms with Crippen molar-refractivity contribution in [3.05, 3.63) is 0 Å². The number of sulfonamides is 1. The van der Waals surface area contributed by atoms with Gasteiger partial charge < -0.3 is 10.4 Å². The maximum atomic E-state index is 11.5. The predicted molar refractivity (Wildman–Crippen MR) is 71.0 cm³/mol. The number of carboxylic acids is 1. The van der Waals surface area contributed by atoms with Crippen LogP contribution in [0.2, 0.25) is 0 Å². The molecule has 0 aromatic heterocycles. The van der Waals surface area contributed by atoms with Gasteiger partial charge in [0.15, 0.2) is 0 Å². The minimum absolute atomic E-state index is 0.0255. The van der Waals surface area contributed by atoms with E-state index >= 15 is 0 Å². The monoisotopic (exact) mass is 280 g/mol. The SMILES string of the molecule is CC.CNCCS(=O)(=O)NC1CCC(C(=O)O)C1. The second-order valence-corrected chi connectivity index (χ2v) is 5.96. The first kappa shape index (κ1) is 17.3. The second kappa shape index (κ2) is 8.44. The van der Waals surface area contributed by atoms with Gasteiger partial charge in [-0.1, -0.05) is 13.8 Å². The fourth-order valence-electron chi connectivity index (χ4n) is 1.86. The van der Waals surface area contributed by atoms with Crippen LogP contribution in [-0.2, 0) is 14.8 Å². The lowest BCUT2D eigenvalue weighted by molar-refractivity contribution is -0.141. The number of hydrogen-bond donors (Lipinski definition) is 3. The van der Waals surface area contributed by atoms with Gasteiger partial charge in [-0.05, 0) is 26.3 Å². The Balaban J connectivity index is 0.00000137. The molecule has 0 aromatic rings. The average Bonchev–Trinajstić information content (AvgIpc) is 2.77. The summed E-state index contributed by atoms with van der Waals surface area (Å²) < 4.78 is 25.6. The Kier molecular flexibility index (Phi) is 8.13. The first-order valence-electron chi connectivity index (χ1n) is 6.32. The summed E-state index contributed by atoms with van der Waals surface area (Å²) >= 11 is 0.